The van der Waals surface area contributed by atoms with E-state index in [4.69, 9.17) is 21.1 Å². The van der Waals surface area contributed by atoms with Crippen molar-refractivity contribution in [3.63, 3.8) is 0 Å². The molecule has 0 aliphatic heterocycles. The summed E-state index contributed by atoms with van der Waals surface area (Å²) in [6, 6.07) is 12.4. The molecule has 0 radical (unpaired) electrons. The van der Waals surface area contributed by atoms with Crippen molar-refractivity contribution in [2.45, 2.75) is 13.0 Å². The van der Waals surface area contributed by atoms with Gasteiger partial charge in [-0.05, 0) is 36.2 Å². The first kappa shape index (κ1) is 19.0. The average molecular weight is 389 g/mol. The van der Waals surface area contributed by atoms with Gasteiger partial charge in [-0.3, -0.25) is 9.59 Å². The van der Waals surface area contributed by atoms with Crippen LogP contribution in [0.15, 0.2) is 42.5 Å². The summed E-state index contributed by atoms with van der Waals surface area (Å²) in [5, 5.41) is 6.34. The second kappa shape index (κ2) is 8.31. The maximum absolute atomic E-state index is 12.4. The van der Waals surface area contributed by atoms with E-state index in [9.17, 15) is 9.59 Å². The zero-order valence-corrected chi connectivity index (χ0v) is 15.9. The minimum Gasteiger partial charge on any atom is -0.497 e. The minimum atomic E-state index is -0.331. The molecule has 2 aromatic carbocycles. The van der Waals surface area contributed by atoms with Crippen LogP contribution in [0.2, 0.25) is 5.02 Å². The molecule has 142 valence electrons. The highest BCUT2D eigenvalue weighted by molar-refractivity contribution is 6.30. The van der Waals surface area contributed by atoms with Gasteiger partial charge in [-0.1, -0.05) is 23.7 Å². The van der Waals surface area contributed by atoms with Crippen LogP contribution in [0.4, 0.5) is 5.69 Å². The Labute approximate surface area is 162 Å². The topological polar surface area (TPSA) is 76.7 Å². The van der Waals surface area contributed by atoms with E-state index in [0.717, 1.165) is 5.56 Å². The Bertz CT molecular complexity index is 838. The second-order valence-corrected chi connectivity index (χ2v) is 6.78. The fourth-order valence-electron chi connectivity index (χ4n) is 2.82. The fourth-order valence-corrected chi connectivity index (χ4v) is 2.95. The molecule has 6 nitrogen and oxygen atoms in total. The van der Waals surface area contributed by atoms with Crippen molar-refractivity contribution in [2.75, 3.05) is 19.5 Å². The van der Waals surface area contributed by atoms with Gasteiger partial charge in [-0.15, -0.1) is 0 Å². The molecule has 1 aliphatic carbocycles. The van der Waals surface area contributed by atoms with Gasteiger partial charge in [-0.25, -0.2) is 0 Å². The quantitative estimate of drug-likeness (QED) is 0.763. The number of ether oxygens (including phenoxy) is 2. The van der Waals surface area contributed by atoms with Crippen LogP contribution in [0.1, 0.15) is 12.0 Å². The van der Waals surface area contributed by atoms with Crippen LogP contribution in [0.3, 0.4) is 0 Å². The maximum Gasteiger partial charge on any atom is 0.228 e. The number of carbonyl (C=O) groups is 2. The molecule has 7 heteroatoms. The molecule has 0 bridgehead atoms. The van der Waals surface area contributed by atoms with Crippen LogP contribution in [0, 0.1) is 11.8 Å². The number of carbonyl (C=O) groups excluding carboxylic acids is 2. The van der Waals surface area contributed by atoms with E-state index >= 15 is 0 Å². The van der Waals surface area contributed by atoms with Crippen LogP contribution in [-0.2, 0) is 16.1 Å². The molecule has 1 fully saturated rings. The number of halogens is 1. The SMILES string of the molecule is COc1ccc(NC(=O)C2CC2C(=O)NCc2ccc(Cl)cc2)c(OC)c1. The third-order valence-electron chi connectivity index (χ3n) is 4.51. The molecule has 3 rings (SSSR count). The Morgan fingerprint density at radius 3 is 2.41 bits per heavy atom. The van der Waals surface area contributed by atoms with Crippen LogP contribution in [-0.4, -0.2) is 26.0 Å². The summed E-state index contributed by atoms with van der Waals surface area (Å²) in [5.41, 5.74) is 1.51. The highest BCUT2D eigenvalue weighted by atomic mass is 35.5. The summed E-state index contributed by atoms with van der Waals surface area (Å²) >= 11 is 5.85. The van der Waals surface area contributed by atoms with E-state index in [0.29, 0.717) is 35.2 Å². The fraction of sp³-hybridized carbons (Fsp3) is 0.300. The van der Waals surface area contributed by atoms with Crippen LogP contribution < -0.4 is 20.1 Å². The standard InChI is InChI=1S/C20H21ClN2O4/c1-26-14-7-8-17(18(9-14)27-2)23-20(25)16-10-15(16)19(24)22-11-12-3-5-13(21)6-4-12/h3-9,15-16H,10-11H2,1-2H3,(H,22,24)(H,23,25). The molecule has 0 saturated heterocycles. The summed E-state index contributed by atoms with van der Waals surface area (Å²) in [6.07, 6.45) is 0.538. The number of nitrogens with one attached hydrogen (secondary N) is 2. The van der Waals surface area contributed by atoms with Crippen molar-refractivity contribution in [1.29, 1.82) is 0 Å². The zero-order valence-electron chi connectivity index (χ0n) is 15.1. The molecular weight excluding hydrogens is 368 g/mol. The third kappa shape index (κ3) is 4.71. The third-order valence-corrected chi connectivity index (χ3v) is 4.76. The summed E-state index contributed by atoms with van der Waals surface area (Å²) in [6.45, 7) is 0.410. The van der Waals surface area contributed by atoms with Crippen molar-refractivity contribution in [1.82, 2.24) is 5.32 Å². The molecule has 2 amide bonds. The summed E-state index contributed by atoms with van der Waals surface area (Å²) in [7, 11) is 3.08. The van der Waals surface area contributed by atoms with E-state index < -0.39 is 0 Å². The summed E-state index contributed by atoms with van der Waals surface area (Å²) in [5.74, 6) is 0.197. The van der Waals surface area contributed by atoms with Gasteiger partial charge in [-0.2, -0.15) is 0 Å². The maximum atomic E-state index is 12.4. The Morgan fingerprint density at radius 2 is 1.74 bits per heavy atom. The van der Waals surface area contributed by atoms with Crippen molar-refractivity contribution < 1.29 is 19.1 Å². The lowest BCUT2D eigenvalue weighted by atomic mass is 10.2. The predicted molar refractivity (Wildman–Crippen MR) is 103 cm³/mol. The molecule has 1 saturated carbocycles. The van der Waals surface area contributed by atoms with Gasteiger partial charge >= 0.3 is 0 Å². The van der Waals surface area contributed by atoms with Crippen molar-refractivity contribution in [2.24, 2.45) is 11.8 Å². The predicted octanol–water partition coefficient (Wildman–Crippen LogP) is 3.25. The van der Waals surface area contributed by atoms with Gasteiger partial charge in [0.15, 0.2) is 0 Å². The van der Waals surface area contributed by atoms with Gasteiger partial charge in [0, 0.05) is 17.6 Å². The number of anilines is 1. The van der Waals surface area contributed by atoms with Crippen LogP contribution >= 0.6 is 11.6 Å². The molecule has 2 atom stereocenters. The molecule has 2 unspecified atom stereocenters. The highest BCUT2D eigenvalue weighted by Crippen LogP contribution is 2.40. The lowest BCUT2D eigenvalue weighted by Gasteiger charge is -2.11. The van der Waals surface area contributed by atoms with E-state index in [1.807, 2.05) is 12.1 Å². The monoisotopic (exact) mass is 388 g/mol. The van der Waals surface area contributed by atoms with E-state index in [-0.39, 0.29) is 23.7 Å². The van der Waals surface area contributed by atoms with E-state index in [2.05, 4.69) is 10.6 Å². The number of benzene rings is 2. The lowest BCUT2D eigenvalue weighted by molar-refractivity contribution is -0.125. The summed E-state index contributed by atoms with van der Waals surface area (Å²) in [4.78, 5) is 24.7. The molecule has 2 N–H and O–H groups in total. The molecule has 2 aromatic rings. The largest absolute Gasteiger partial charge is 0.497 e. The van der Waals surface area contributed by atoms with E-state index in [1.54, 1.807) is 37.4 Å². The van der Waals surface area contributed by atoms with Gasteiger partial charge in [0.25, 0.3) is 0 Å². The number of hydrogen-bond acceptors (Lipinski definition) is 4. The number of rotatable bonds is 7. The molecule has 0 heterocycles. The molecule has 0 aromatic heterocycles. The lowest BCUT2D eigenvalue weighted by Crippen LogP contribution is -2.27. The number of amides is 2. The Kier molecular flexibility index (Phi) is 5.86. The second-order valence-electron chi connectivity index (χ2n) is 6.35. The smallest absolute Gasteiger partial charge is 0.228 e. The first-order chi connectivity index (χ1) is 13.0. The van der Waals surface area contributed by atoms with Crippen LogP contribution in [0.5, 0.6) is 11.5 Å². The summed E-state index contributed by atoms with van der Waals surface area (Å²) < 4.78 is 10.4. The normalized spacial score (nSPS) is 17.7. The van der Waals surface area contributed by atoms with Crippen molar-refractivity contribution >= 4 is 29.1 Å². The Morgan fingerprint density at radius 1 is 1.04 bits per heavy atom. The van der Waals surface area contributed by atoms with Gasteiger partial charge < -0.3 is 20.1 Å². The first-order valence-corrected chi connectivity index (χ1v) is 8.94. The first-order valence-electron chi connectivity index (χ1n) is 8.57. The average Bonchev–Trinajstić information content (AvgIpc) is 3.48. The number of hydrogen-bond donors (Lipinski definition) is 2. The van der Waals surface area contributed by atoms with Crippen LogP contribution in [0.25, 0.3) is 0 Å². The van der Waals surface area contributed by atoms with Crippen molar-refractivity contribution in [3.05, 3.63) is 53.1 Å². The van der Waals surface area contributed by atoms with Gasteiger partial charge in [0.1, 0.15) is 11.5 Å². The molecule has 27 heavy (non-hydrogen) atoms. The Hall–Kier alpha value is -2.73. The molecule has 0 spiro atoms. The van der Waals surface area contributed by atoms with Crippen molar-refractivity contribution in [3.8, 4) is 11.5 Å². The zero-order chi connectivity index (χ0) is 19.4. The highest BCUT2D eigenvalue weighted by Gasteiger charge is 2.48. The molecule has 1 aliphatic rings. The minimum absolute atomic E-state index is 0.119. The van der Waals surface area contributed by atoms with Gasteiger partial charge in [0.05, 0.1) is 31.7 Å². The van der Waals surface area contributed by atoms with E-state index in [1.165, 1.54) is 7.11 Å². The number of methoxy groups -OCH3 is 2. The molecular formula is C20H21ClN2O4. The Balaban J connectivity index is 1.52. The van der Waals surface area contributed by atoms with Gasteiger partial charge in [0.2, 0.25) is 11.8 Å².